The number of hydrogen-bond donors (Lipinski definition) is 0. The Morgan fingerprint density at radius 2 is 2.00 bits per heavy atom. The molecule has 0 radical (unpaired) electrons. The molecule has 0 atom stereocenters. The molecule has 0 aliphatic heterocycles. The summed E-state index contributed by atoms with van der Waals surface area (Å²) in [7, 11) is 1.63. The van der Waals surface area contributed by atoms with Gasteiger partial charge in [0.05, 0.1) is 13.0 Å². The highest BCUT2D eigenvalue weighted by Crippen LogP contribution is 2.12. The summed E-state index contributed by atoms with van der Waals surface area (Å²) in [6.45, 7) is 0. The number of halogens is 1. The minimum atomic E-state index is 0.0856. The van der Waals surface area contributed by atoms with Crippen LogP contribution in [0.3, 0.4) is 0 Å². The topological polar surface area (TPSA) is 26.3 Å². The van der Waals surface area contributed by atoms with Crippen LogP contribution in [0.15, 0.2) is 24.3 Å². The molecule has 0 aliphatic carbocycles. The number of Topliss-reactive ketones (excluding diaryl/α,β-unsaturated/α-hetero) is 1. The lowest BCUT2D eigenvalue weighted by molar-refractivity contribution is -0.116. The maximum atomic E-state index is 11.0. The first-order valence-electron chi connectivity index (χ1n) is 4.47. The quantitative estimate of drug-likeness (QED) is 0.701. The minimum absolute atomic E-state index is 0.0856. The van der Waals surface area contributed by atoms with Gasteiger partial charge in [-0.25, -0.2) is 0 Å². The molecule has 1 aromatic rings. The van der Waals surface area contributed by atoms with E-state index in [1.165, 1.54) is 0 Å². The number of aryl methyl sites for hydroxylation is 1. The van der Waals surface area contributed by atoms with Crippen LogP contribution in [0, 0.1) is 0 Å². The van der Waals surface area contributed by atoms with Gasteiger partial charge in [0.25, 0.3) is 0 Å². The first-order valence-corrected chi connectivity index (χ1v) is 5.00. The second-order valence-corrected chi connectivity index (χ2v) is 3.29. The first kappa shape index (κ1) is 11.1. The van der Waals surface area contributed by atoms with E-state index in [4.69, 9.17) is 16.3 Å². The number of hydrogen-bond acceptors (Lipinski definition) is 2. The minimum Gasteiger partial charge on any atom is -0.497 e. The largest absolute Gasteiger partial charge is 0.497 e. The lowest BCUT2D eigenvalue weighted by Gasteiger charge is -2.02. The van der Waals surface area contributed by atoms with Crippen molar-refractivity contribution in [3.8, 4) is 5.75 Å². The third kappa shape index (κ3) is 3.38. The van der Waals surface area contributed by atoms with Crippen LogP contribution in [0.25, 0.3) is 0 Å². The molecule has 0 saturated carbocycles. The van der Waals surface area contributed by atoms with E-state index < -0.39 is 0 Å². The Kier molecular flexibility index (Phi) is 4.47. The van der Waals surface area contributed by atoms with E-state index in [9.17, 15) is 4.79 Å². The van der Waals surface area contributed by atoms with E-state index in [2.05, 4.69) is 0 Å². The standard InChI is InChI=1S/C11H13ClO2/c1-14-11-6-3-9(4-7-11)2-5-10(13)8-12/h3-4,6-7H,2,5,8H2,1H3. The van der Waals surface area contributed by atoms with Gasteiger partial charge in [-0.1, -0.05) is 12.1 Å². The summed E-state index contributed by atoms with van der Waals surface area (Å²) in [6.07, 6.45) is 1.26. The van der Waals surface area contributed by atoms with Crippen molar-refractivity contribution in [3.05, 3.63) is 29.8 Å². The van der Waals surface area contributed by atoms with E-state index in [0.717, 1.165) is 17.7 Å². The van der Waals surface area contributed by atoms with Crippen molar-refractivity contribution in [2.75, 3.05) is 13.0 Å². The lowest BCUT2D eigenvalue weighted by Crippen LogP contribution is -2.00. The Hall–Kier alpha value is -1.02. The van der Waals surface area contributed by atoms with Crippen LogP contribution in [-0.4, -0.2) is 18.8 Å². The van der Waals surface area contributed by atoms with Gasteiger partial charge < -0.3 is 4.74 Å². The van der Waals surface area contributed by atoms with E-state index >= 15 is 0 Å². The van der Waals surface area contributed by atoms with Crippen molar-refractivity contribution >= 4 is 17.4 Å². The molecule has 0 unspecified atom stereocenters. The number of methoxy groups -OCH3 is 1. The van der Waals surface area contributed by atoms with Gasteiger partial charge in [0, 0.05) is 6.42 Å². The number of alkyl halides is 1. The molecule has 0 aliphatic rings. The second kappa shape index (κ2) is 5.66. The molecule has 0 spiro atoms. The van der Waals surface area contributed by atoms with Gasteiger partial charge in [-0.15, -0.1) is 11.6 Å². The van der Waals surface area contributed by atoms with Crippen molar-refractivity contribution in [2.45, 2.75) is 12.8 Å². The van der Waals surface area contributed by atoms with E-state index in [1.54, 1.807) is 7.11 Å². The Labute approximate surface area is 88.8 Å². The number of carbonyl (C=O) groups excluding carboxylic acids is 1. The Morgan fingerprint density at radius 3 is 2.50 bits per heavy atom. The van der Waals surface area contributed by atoms with Gasteiger partial charge in [-0.2, -0.15) is 0 Å². The van der Waals surface area contributed by atoms with Crippen molar-refractivity contribution in [1.82, 2.24) is 0 Å². The molecular formula is C11H13ClO2. The van der Waals surface area contributed by atoms with Gasteiger partial charge in [-0.3, -0.25) is 4.79 Å². The second-order valence-electron chi connectivity index (χ2n) is 3.02. The average molecular weight is 213 g/mol. The smallest absolute Gasteiger partial charge is 0.147 e. The highest BCUT2D eigenvalue weighted by molar-refractivity contribution is 6.27. The normalized spacial score (nSPS) is 9.86. The molecule has 0 N–H and O–H groups in total. The molecule has 14 heavy (non-hydrogen) atoms. The maximum absolute atomic E-state index is 11.0. The maximum Gasteiger partial charge on any atom is 0.147 e. The molecule has 0 heterocycles. The molecule has 0 aromatic heterocycles. The Bertz CT molecular complexity index is 293. The summed E-state index contributed by atoms with van der Waals surface area (Å²) in [5, 5.41) is 0. The monoisotopic (exact) mass is 212 g/mol. The van der Waals surface area contributed by atoms with Crippen LogP contribution in [-0.2, 0) is 11.2 Å². The molecule has 76 valence electrons. The van der Waals surface area contributed by atoms with Crippen molar-refractivity contribution < 1.29 is 9.53 Å². The fraction of sp³-hybridized carbons (Fsp3) is 0.364. The Morgan fingerprint density at radius 1 is 1.36 bits per heavy atom. The molecule has 0 saturated heterocycles. The SMILES string of the molecule is COc1ccc(CCC(=O)CCl)cc1. The summed E-state index contributed by atoms with van der Waals surface area (Å²) in [4.78, 5) is 11.0. The fourth-order valence-corrected chi connectivity index (χ4v) is 1.28. The number of carbonyl (C=O) groups is 1. The van der Waals surface area contributed by atoms with Crippen LogP contribution in [0.4, 0.5) is 0 Å². The molecule has 1 aromatic carbocycles. The zero-order valence-electron chi connectivity index (χ0n) is 8.13. The predicted molar refractivity (Wildman–Crippen MR) is 57.0 cm³/mol. The van der Waals surface area contributed by atoms with Gasteiger partial charge in [0.2, 0.25) is 0 Å². The fourth-order valence-electron chi connectivity index (χ4n) is 1.14. The predicted octanol–water partition coefficient (Wildman–Crippen LogP) is 2.44. The van der Waals surface area contributed by atoms with Gasteiger partial charge in [0.15, 0.2) is 0 Å². The number of ketones is 1. The third-order valence-electron chi connectivity index (χ3n) is 2.00. The first-order chi connectivity index (χ1) is 6.76. The number of rotatable bonds is 5. The zero-order chi connectivity index (χ0) is 10.4. The van der Waals surface area contributed by atoms with Crippen LogP contribution in [0.1, 0.15) is 12.0 Å². The summed E-state index contributed by atoms with van der Waals surface area (Å²) < 4.78 is 5.03. The summed E-state index contributed by atoms with van der Waals surface area (Å²) in [6, 6.07) is 7.70. The average Bonchev–Trinajstić information content (AvgIpc) is 2.26. The van der Waals surface area contributed by atoms with Crippen molar-refractivity contribution in [3.63, 3.8) is 0 Å². The van der Waals surface area contributed by atoms with Crippen LogP contribution in [0.2, 0.25) is 0 Å². The van der Waals surface area contributed by atoms with Gasteiger partial charge in [-0.05, 0) is 24.1 Å². The van der Waals surface area contributed by atoms with E-state index in [1.807, 2.05) is 24.3 Å². The van der Waals surface area contributed by atoms with Gasteiger partial charge in [0.1, 0.15) is 11.5 Å². The van der Waals surface area contributed by atoms with Crippen LogP contribution in [0.5, 0.6) is 5.75 Å². The molecule has 1 rings (SSSR count). The summed E-state index contributed by atoms with van der Waals surface area (Å²) >= 11 is 5.40. The molecule has 3 heteroatoms. The third-order valence-corrected chi connectivity index (χ3v) is 2.30. The van der Waals surface area contributed by atoms with Crippen LogP contribution >= 0.6 is 11.6 Å². The van der Waals surface area contributed by atoms with Crippen molar-refractivity contribution in [2.24, 2.45) is 0 Å². The molecule has 2 nitrogen and oxygen atoms in total. The number of ether oxygens (including phenoxy) is 1. The summed E-state index contributed by atoms with van der Waals surface area (Å²) in [5.74, 6) is 1.02. The van der Waals surface area contributed by atoms with Crippen molar-refractivity contribution in [1.29, 1.82) is 0 Å². The Balaban J connectivity index is 2.47. The summed E-state index contributed by atoms with van der Waals surface area (Å²) in [5.41, 5.74) is 1.13. The molecule has 0 fully saturated rings. The highest BCUT2D eigenvalue weighted by Gasteiger charge is 2.00. The van der Waals surface area contributed by atoms with E-state index in [0.29, 0.717) is 6.42 Å². The molecule has 0 amide bonds. The van der Waals surface area contributed by atoms with Crippen LogP contribution < -0.4 is 4.74 Å². The zero-order valence-corrected chi connectivity index (χ0v) is 8.88. The van der Waals surface area contributed by atoms with E-state index in [-0.39, 0.29) is 11.7 Å². The highest BCUT2D eigenvalue weighted by atomic mass is 35.5. The molecule has 0 bridgehead atoms. The number of benzene rings is 1. The lowest BCUT2D eigenvalue weighted by atomic mass is 10.1. The molecular weight excluding hydrogens is 200 g/mol. The van der Waals surface area contributed by atoms with Gasteiger partial charge >= 0.3 is 0 Å².